The fourth-order valence-electron chi connectivity index (χ4n) is 2.84. The Kier molecular flexibility index (Phi) is 5.48. The van der Waals surface area contributed by atoms with Gasteiger partial charge >= 0.3 is 6.09 Å². The molecule has 0 aromatic carbocycles. The van der Waals surface area contributed by atoms with Gasteiger partial charge in [-0.1, -0.05) is 0 Å². The molecule has 10 nitrogen and oxygen atoms in total. The molecule has 0 saturated carbocycles. The van der Waals surface area contributed by atoms with E-state index in [0.717, 1.165) is 0 Å². The molecule has 3 heterocycles. The first-order chi connectivity index (χ1) is 13.2. The Labute approximate surface area is 162 Å². The van der Waals surface area contributed by atoms with Gasteiger partial charge in [-0.3, -0.25) is 4.79 Å². The van der Waals surface area contributed by atoms with Crippen molar-refractivity contribution in [2.24, 2.45) is 5.92 Å². The van der Waals surface area contributed by atoms with E-state index in [1.165, 1.54) is 10.9 Å². The van der Waals surface area contributed by atoms with Gasteiger partial charge in [0, 0.05) is 31.4 Å². The van der Waals surface area contributed by atoms with E-state index in [1.807, 2.05) is 20.8 Å². The molecular formula is C18H24N6O4. The van der Waals surface area contributed by atoms with E-state index < -0.39 is 5.60 Å². The molecule has 0 radical (unpaired) electrons. The van der Waals surface area contributed by atoms with Gasteiger partial charge in [-0.25, -0.2) is 14.5 Å². The maximum atomic E-state index is 12.5. The first kappa shape index (κ1) is 19.6. The Bertz CT molecular complexity index is 838. The van der Waals surface area contributed by atoms with Gasteiger partial charge in [0.25, 0.3) is 5.95 Å². The van der Waals surface area contributed by atoms with Crippen molar-refractivity contribution in [3.63, 3.8) is 0 Å². The Hall–Kier alpha value is -3.17. The molecular weight excluding hydrogens is 364 g/mol. The SMILES string of the molecule is CC(C)(C)OC(=O)N1CCC(C(=O)Nc2cnc(-n3cccn3)nc2O)CC1. The first-order valence-corrected chi connectivity index (χ1v) is 9.08. The summed E-state index contributed by atoms with van der Waals surface area (Å²) in [5.41, 5.74) is -0.416. The maximum absolute atomic E-state index is 12.5. The molecule has 1 aliphatic rings. The summed E-state index contributed by atoms with van der Waals surface area (Å²) in [5.74, 6) is -0.648. The minimum Gasteiger partial charge on any atom is -0.492 e. The lowest BCUT2D eigenvalue weighted by molar-refractivity contribution is -0.121. The van der Waals surface area contributed by atoms with E-state index in [9.17, 15) is 14.7 Å². The van der Waals surface area contributed by atoms with Crippen molar-refractivity contribution in [1.29, 1.82) is 0 Å². The van der Waals surface area contributed by atoms with Crippen LogP contribution in [0.2, 0.25) is 0 Å². The van der Waals surface area contributed by atoms with Crippen LogP contribution in [-0.4, -0.2) is 60.4 Å². The molecule has 0 atom stereocenters. The third kappa shape index (κ3) is 4.76. The van der Waals surface area contributed by atoms with Crippen LogP contribution in [0.25, 0.3) is 5.95 Å². The summed E-state index contributed by atoms with van der Waals surface area (Å²) in [5, 5.41) is 16.7. The van der Waals surface area contributed by atoms with Gasteiger partial charge in [0.1, 0.15) is 11.3 Å². The van der Waals surface area contributed by atoms with Gasteiger partial charge in [-0.2, -0.15) is 10.1 Å². The van der Waals surface area contributed by atoms with Crippen LogP contribution in [0.3, 0.4) is 0 Å². The molecule has 0 bridgehead atoms. The molecule has 2 N–H and O–H groups in total. The lowest BCUT2D eigenvalue weighted by atomic mass is 9.96. The third-order valence-electron chi connectivity index (χ3n) is 4.24. The Morgan fingerprint density at radius 1 is 1.29 bits per heavy atom. The zero-order valence-electron chi connectivity index (χ0n) is 16.1. The smallest absolute Gasteiger partial charge is 0.410 e. The van der Waals surface area contributed by atoms with Crippen molar-refractivity contribution in [3.05, 3.63) is 24.7 Å². The third-order valence-corrected chi connectivity index (χ3v) is 4.24. The second kappa shape index (κ2) is 7.83. The van der Waals surface area contributed by atoms with E-state index in [1.54, 1.807) is 23.4 Å². The average molecular weight is 388 g/mol. The molecule has 3 rings (SSSR count). The predicted octanol–water partition coefficient (Wildman–Crippen LogP) is 1.95. The quantitative estimate of drug-likeness (QED) is 0.824. The molecule has 28 heavy (non-hydrogen) atoms. The second-order valence-corrected chi connectivity index (χ2v) is 7.59. The molecule has 2 amide bonds. The number of carbonyl (C=O) groups is 2. The zero-order valence-corrected chi connectivity index (χ0v) is 16.1. The summed E-state index contributed by atoms with van der Waals surface area (Å²) in [6.45, 7) is 6.33. The van der Waals surface area contributed by atoms with Crippen LogP contribution in [0.1, 0.15) is 33.6 Å². The van der Waals surface area contributed by atoms with Crippen molar-refractivity contribution < 1.29 is 19.4 Å². The van der Waals surface area contributed by atoms with Crippen LogP contribution >= 0.6 is 0 Å². The van der Waals surface area contributed by atoms with E-state index in [2.05, 4.69) is 20.4 Å². The van der Waals surface area contributed by atoms with E-state index in [4.69, 9.17) is 4.74 Å². The van der Waals surface area contributed by atoms with Gasteiger partial charge in [0.05, 0.1) is 6.20 Å². The fourth-order valence-corrected chi connectivity index (χ4v) is 2.84. The molecule has 2 aromatic rings. The number of likely N-dealkylation sites (tertiary alicyclic amines) is 1. The minimum atomic E-state index is -0.550. The number of aromatic nitrogens is 4. The Morgan fingerprint density at radius 3 is 2.57 bits per heavy atom. The van der Waals surface area contributed by atoms with Crippen molar-refractivity contribution in [1.82, 2.24) is 24.6 Å². The number of ether oxygens (including phenoxy) is 1. The Morgan fingerprint density at radius 2 is 2.00 bits per heavy atom. The second-order valence-electron chi connectivity index (χ2n) is 7.59. The van der Waals surface area contributed by atoms with Crippen molar-refractivity contribution in [2.45, 2.75) is 39.2 Å². The van der Waals surface area contributed by atoms with Crippen LogP contribution in [-0.2, 0) is 9.53 Å². The molecule has 0 spiro atoms. The van der Waals surface area contributed by atoms with Gasteiger partial charge < -0.3 is 20.1 Å². The highest BCUT2D eigenvalue weighted by molar-refractivity contribution is 5.93. The first-order valence-electron chi connectivity index (χ1n) is 9.08. The standard InChI is InChI=1S/C18H24N6O4/c1-18(2,3)28-17(27)23-9-5-12(6-10-23)14(25)21-13-11-19-16(22-15(13)26)24-8-4-7-20-24/h4,7-8,11-12H,5-6,9-10H2,1-3H3,(H,21,25)(H,19,22,26). The number of aromatic hydroxyl groups is 1. The van der Waals surface area contributed by atoms with Crippen LogP contribution in [0.4, 0.5) is 10.5 Å². The summed E-state index contributed by atoms with van der Waals surface area (Å²) in [7, 11) is 0. The maximum Gasteiger partial charge on any atom is 0.410 e. The summed E-state index contributed by atoms with van der Waals surface area (Å²) in [6, 6.07) is 1.71. The summed E-state index contributed by atoms with van der Waals surface area (Å²) >= 11 is 0. The van der Waals surface area contributed by atoms with Crippen LogP contribution in [0, 0.1) is 5.92 Å². The van der Waals surface area contributed by atoms with Crippen LogP contribution in [0.15, 0.2) is 24.7 Å². The topological polar surface area (TPSA) is 122 Å². The monoisotopic (exact) mass is 388 g/mol. The highest BCUT2D eigenvalue weighted by Gasteiger charge is 2.30. The zero-order chi connectivity index (χ0) is 20.3. The fraction of sp³-hybridized carbons (Fsp3) is 0.500. The molecule has 0 aliphatic carbocycles. The number of amides is 2. The number of hydrogen-bond donors (Lipinski definition) is 2. The lowest BCUT2D eigenvalue weighted by Crippen LogP contribution is -2.43. The molecule has 150 valence electrons. The molecule has 1 aliphatic heterocycles. The largest absolute Gasteiger partial charge is 0.492 e. The summed E-state index contributed by atoms with van der Waals surface area (Å²) in [4.78, 5) is 34.3. The van der Waals surface area contributed by atoms with Gasteiger partial charge in [-0.15, -0.1) is 0 Å². The van der Waals surface area contributed by atoms with Gasteiger partial charge in [0.2, 0.25) is 11.8 Å². The summed E-state index contributed by atoms with van der Waals surface area (Å²) in [6.07, 6.45) is 5.21. The number of nitrogens with one attached hydrogen (secondary N) is 1. The highest BCUT2D eigenvalue weighted by Crippen LogP contribution is 2.24. The summed E-state index contributed by atoms with van der Waals surface area (Å²) < 4.78 is 6.76. The highest BCUT2D eigenvalue weighted by atomic mass is 16.6. The number of anilines is 1. The van der Waals surface area contributed by atoms with E-state index in [-0.39, 0.29) is 35.4 Å². The lowest BCUT2D eigenvalue weighted by Gasteiger charge is -2.32. The van der Waals surface area contributed by atoms with Gasteiger partial charge in [0.15, 0.2) is 0 Å². The number of hydrogen-bond acceptors (Lipinski definition) is 7. The van der Waals surface area contributed by atoms with E-state index >= 15 is 0 Å². The molecule has 1 saturated heterocycles. The van der Waals surface area contributed by atoms with E-state index in [0.29, 0.717) is 25.9 Å². The van der Waals surface area contributed by atoms with Crippen LogP contribution < -0.4 is 5.32 Å². The van der Waals surface area contributed by atoms with Crippen molar-refractivity contribution >= 4 is 17.7 Å². The molecule has 1 fully saturated rings. The average Bonchev–Trinajstić information content (AvgIpc) is 3.17. The Balaban J connectivity index is 1.55. The van der Waals surface area contributed by atoms with Crippen molar-refractivity contribution in [3.8, 4) is 11.8 Å². The number of carbonyl (C=O) groups excluding carboxylic acids is 2. The minimum absolute atomic E-state index is 0.135. The predicted molar refractivity (Wildman–Crippen MR) is 100.0 cm³/mol. The molecule has 10 heteroatoms. The van der Waals surface area contributed by atoms with Crippen LogP contribution in [0.5, 0.6) is 5.88 Å². The molecule has 2 aromatic heterocycles. The normalized spacial score (nSPS) is 15.3. The van der Waals surface area contributed by atoms with Crippen molar-refractivity contribution in [2.75, 3.05) is 18.4 Å². The number of piperidine rings is 1. The number of nitrogens with zero attached hydrogens (tertiary/aromatic N) is 5. The number of rotatable bonds is 3. The van der Waals surface area contributed by atoms with Gasteiger partial charge in [-0.05, 0) is 39.7 Å². The molecule has 0 unspecified atom stereocenters.